The number of carbonyl (C=O) groups is 1. The second-order valence-corrected chi connectivity index (χ2v) is 14.8. The van der Waals surface area contributed by atoms with Crippen LogP contribution in [0, 0.1) is 0 Å². The molecule has 47 heavy (non-hydrogen) atoms. The van der Waals surface area contributed by atoms with Crippen molar-refractivity contribution in [3.63, 3.8) is 0 Å². The molecule has 0 saturated carbocycles. The SMILES string of the molecule is CCCCCCCCCCCCCC/C=C/C(O)C(CO)NC(=O)CCCCCCCCCCCCCCCCCCCCCCC. The Labute approximate surface area is 295 Å². The summed E-state index contributed by atoms with van der Waals surface area (Å²) in [5, 5.41) is 23.0. The third-order valence-corrected chi connectivity index (χ3v) is 10.0. The lowest BCUT2D eigenvalue weighted by Gasteiger charge is -2.20. The first kappa shape index (κ1) is 46.1. The average Bonchev–Trinajstić information content (AvgIpc) is 3.07. The van der Waals surface area contributed by atoms with Crippen molar-refractivity contribution in [3.8, 4) is 0 Å². The average molecular weight is 664 g/mol. The van der Waals surface area contributed by atoms with E-state index in [9.17, 15) is 15.0 Å². The van der Waals surface area contributed by atoms with Crippen LogP contribution in [0.2, 0.25) is 0 Å². The molecular weight excluding hydrogens is 578 g/mol. The van der Waals surface area contributed by atoms with Crippen LogP contribution >= 0.6 is 0 Å². The van der Waals surface area contributed by atoms with Gasteiger partial charge < -0.3 is 15.5 Å². The highest BCUT2D eigenvalue weighted by Gasteiger charge is 2.17. The van der Waals surface area contributed by atoms with Crippen molar-refractivity contribution in [1.29, 1.82) is 0 Å². The van der Waals surface area contributed by atoms with Crippen molar-refractivity contribution >= 4 is 5.91 Å². The molecule has 0 aromatic rings. The maximum atomic E-state index is 12.4. The molecule has 1 amide bonds. The van der Waals surface area contributed by atoms with Crippen LogP contribution < -0.4 is 5.32 Å². The zero-order chi connectivity index (χ0) is 34.3. The van der Waals surface area contributed by atoms with E-state index in [0.717, 1.165) is 25.7 Å². The zero-order valence-electron chi connectivity index (χ0n) is 32.1. The number of hydrogen-bond acceptors (Lipinski definition) is 3. The zero-order valence-corrected chi connectivity index (χ0v) is 32.1. The van der Waals surface area contributed by atoms with Crippen LogP contribution in [0.3, 0.4) is 0 Å². The second kappa shape index (κ2) is 39.6. The van der Waals surface area contributed by atoms with Gasteiger partial charge in [-0.25, -0.2) is 0 Å². The summed E-state index contributed by atoms with van der Waals surface area (Å²) in [4.78, 5) is 12.4. The molecule has 3 N–H and O–H groups in total. The summed E-state index contributed by atoms with van der Waals surface area (Å²) in [5.74, 6) is -0.0599. The van der Waals surface area contributed by atoms with Gasteiger partial charge >= 0.3 is 0 Å². The van der Waals surface area contributed by atoms with Gasteiger partial charge in [-0.3, -0.25) is 4.79 Å². The molecule has 280 valence electrons. The van der Waals surface area contributed by atoms with Crippen LogP contribution in [0.1, 0.15) is 239 Å². The minimum Gasteiger partial charge on any atom is -0.394 e. The predicted molar refractivity (Wildman–Crippen MR) is 207 cm³/mol. The van der Waals surface area contributed by atoms with Gasteiger partial charge in [-0.05, 0) is 19.3 Å². The lowest BCUT2D eigenvalue weighted by atomic mass is 10.0. The number of allylic oxidation sites excluding steroid dienone is 1. The Hall–Kier alpha value is -0.870. The number of amides is 1. The van der Waals surface area contributed by atoms with E-state index in [1.165, 1.54) is 193 Å². The standard InChI is InChI=1S/C43H85NO3/c1-3-5-7-9-11-13-15-17-19-20-21-22-23-24-25-27-29-31-33-35-37-39-43(47)44-41(40-45)42(46)38-36-34-32-30-28-26-18-16-14-12-10-8-6-4-2/h36,38,41-42,45-46H,3-35,37,39-40H2,1-2H3,(H,44,47)/b38-36+. The van der Waals surface area contributed by atoms with Crippen LogP contribution in [0.5, 0.6) is 0 Å². The minimum atomic E-state index is -0.832. The van der Waals surface area contributed by atoms with Crippen molar-refractivity contribution in [3.05, 3.63) is 12.2 Å². The topological polar surface area (TPSA) is 69.6 Å². The van der Waals surface area contributed by atoms with E-state index in [4.69, 9.17) is 0 Å². The van der Waals surface area contributed by atoms with Gasteiger partial charge in [0, 0.05) is 6.42 Å². The molecule has 0 bridgehead atoms. The number of hydrogen-bond donors (Lipinski definition) is 3. The van der Waals surface area contributed by atoms with Crippen LogP contribution in [-0.2, 0) is 4.79 Å². The maximum absolute atomic E-state index is 12.4. The molecule has 2 atom stereocenters. The fourth-order valence-corrected chi connectivity index (χ4v) is 6.71. The Bertz CT molecular complexity index is 637. The third kappa shape index (κ3) is 36.2. The van der Waals surface area contributed by atoms with Crippen molar-refractivity contribution in [2.45, 2.75) is 251 Å². The molecule has 2 unspecified atom stereocenters. The smallest absolute Gasteiger partial charge is 0.220 e. The Morgan fingerprint density at radius 2 is 0.787 bits per heavy atom. The third-order valence-electron chi connectivity index (χ3n) is 10.0. The molecule has 0 radical (unpaired) electrons. The van der Waals surface area contributed by atoms with Gasteiger partial charge in [-0.2, -0.15) is 0 Å². The molecule has 4 nitrogen and oxygen atoms in total. The van der Waals surface area contributed by atoms with E-state index >= 15 is 0 Å². The van der Waals surface area contributed by atoms with E-state index in [1.807, 2.05) is 6.08 Å². The number of rotatable bonds is 39. The molecule has 0 fully saturated rings. The van der Waals surface area contributed by atoms with Gasteiger partial charge in [-0.15, -0.1) is 0 Å². The number of aliphatic hydroxyl groups is 2. The van der Waals surface area contributed by atoms with Gasteiger partial charge in [0.2, 0.25) is 5.91 Å². The lowest BCUT2D eigenvalue weighted by Crippen LogP contribution is -2.45. The van der Waals surface area contributed by atoms with E-state index in [2.05, 4.69) is 19.2 Å². The molecule has 0 aliphatic heterocycles. The second-order valence-electron chi connectivity index (χ2n) is 14.8. The molecule has 0 rings (SSSR count). The Morgan fingerprint density at radius 1 is 0.489 bits per heavy atom. The van der Waals surface area contributed by atoms with E-state index in [0.29, 0.717) is 6.42 Å². The molecule has 0 spiro atoms. The van der Waals surface area contributed by atoms with Crippen molar-refractivity contribution < 1.29 is 15.0 Å². The maximum Gasteiger partial charge on any atom is 0.220 e. The van der Waals surface area contributed by atoms with Crippen LogP contribution in [0.15, 0.2) is 12.2 Å². The van der Waals surface area contributed by atoms with Crippen LogP contribution in [0.25, 0.3) is 0 Å². The van der Waals surface area contributed by atoms with Crippen LogP contribution in [-0.4, -0.2) is 34.9 Å². The molecule has 4 heteroatoms. The summed E-state index contributed by atoms with van der Waals surface area (Å²) in [6, 6.07) is -0.615. The molecule has 0 aromatic heterocycles. The van der Waals surface area contributed by atoms with Gasteiger partial charge in [0.05, 0.1) is 18.8 Å². The number of nitrogens with one attached hydrogen (secondary N) is 1. The minimum absolute atomic E-state index is 0.0599. The molecule has 0 aliphatic rings. The van der Waals surface area contributed by atoms with E-state index in [1.54, 1.807) is 6.08 Å². The summed E-state index contributed by atoms with van der Waals surface area (Å²) in [6.07, 6.45) is 48.9. The highest BCUT2D eigenvalue weighted by Crippen LogP contribution is 2.16. The first-order chi connectivity index (χ1) is 23.2. The number of carbonyl (C=O) groups excluding carboxylic acids is 1. The molecule has 0 saturated heterocycles. The van der Waals surface area contributed by atoms with E-state index < -0.39 is 12.1 Å². The Balaban J connectivity index is 3.51. The van der Waals surface area contributed by atoms with E-state index in [-0.39, 0.29) is 12.5 Å². The summed E-state index contributed by atoms with van der Waals surface area (Å²) < 4.78 is 0. The monoisotopic (exact) mass is 664 g/mol. The van der Waals surface area contributed by atoms with Gasteiger partial charge in [0.25, 0.3) is 0 Å². The molecule has 0 heterocycles. The molecule has 0 aromatic carbocycles. The largest absolute Gasteiger partial charge is 0.394 e. The fraction of sp³-hybridized carbons (Fsp3) is 0.930. The lowest BCUT2D eigenvalue weighted by molar-refractivity contribution is -0.123. The summed E-state index contributed by atoms with van der Waals surface area (Å²) >= 11 is 0. The number of aliphatic hydroxyl groups excluding tert-OH is 2. The fourth-order valence-electron chi connectivity index (χ4n) is 6.71. The predicted octanol–water partition coefficient (Wildman–Crippen LogP) is 13.1. The summed E-state index contributed by atoms with van der Waals surface area (Å²) in [5.41, 5.74) is 0. The Morgan fingerprint density at radius 3 is 1.11 bits per heavy atom. The molecular formula is C43H85NO3. The number of unbranched alkanes of at least 4 members (excludes halogenated alkanes) is 32. The molecule has 0 aliphatic carbocycles. The normalized spacial score (nSPS) is 13.0. The van der Waals surface area contributed by atoms with Crippen molar-refractivity contribution in [1.82, 2.24) is 5.32 Å². The van der Waals surface area contributed by atoms with Gasteiger partial charge in [0.1, 0.15) is 0 Å². The highest BCUT2D eigenvalue weighted by atomic mass is 16.3. The van der Waals surface area contributed by atoms with Crippen molar-refractivity contribution in [2.24, 2.45) is 0 Å². The highest BCUT2D eigenvalue weighted by molar-refractivity contribution is 5.76. The van der Waals surface area contributed by atoms with Gasteiger partial charge in [0.15, 0.2) is 0 Å². The Kier molecular flexibility index (Phi) is 38.8. The first-order valence-electron chi connectivity index (χ1n) is 21.4. The summed E-state index contributed by atoms with van der Waals surface area (Å²) in [7, 11) is 0. The van der Waals surface area contributed by atoms with Crippen molar-refractivity contribution in [2.75, 3.05) is 6.61 Å². The van der Waals surface area contributed by atoms with Crippen LogP contribution in [0.4, 0.5) is 0 Å². The first-order valence-corrected chi connectivity index (χ1v) is 21.4. The summed E-state index contributed by atoms with van der Waals surface area (Å²) in [6.45, 7) is 4.32. The van der Waals surface area contributed by atoms with Gasteiger partial charge in [-0.1, -0.05) is 225 Å². The quantitative estimate of drug-likeness (QED) is 0.0453.